The van der Waals surface area contributed by atoms with E-state index in [9.17, 15) is 4.79 Å². The number of nitrogens with two attached hydrogens (primary N) is 1. The lowest BCUT2D eigenvalue weighted by Gasteiger charge is -2.38. The molecule has 0 aromatic heterocycles. The van der Waals surface area contributed by atoms with Gasteiger partial charge >= 0.3 is 0 Å². The second kappa shape index (κ2) is 5.36. The Hall–Kier alpha value is -0.610. The predicted octanol–water partition coefficient (Wildman–Crippen LogP) is 0.912. The van der Waals surface area contributed by atoms with E-state index in [1.165, 1.54) is 0 Å². The van der Waals surface area contributed by atoms with Crippen LogP contribution < -0.4 is 5.73 Å². The maximum Gasteiger partial charge on any atom is 0.240 e. The number of nitrogens with zero attached hydrogens (tertiary/aromatic N) is 2. The Balaban J connectivity index is 2.58. The first kappa shape index (κ1) is 14.5. The summed E-state index contributed by atoms with van der Waals surface area (Å²) in [6.45, 7) is 8.16. The molecule has 1 heterocycles. The zero-order chi connectivity index (χ0) is 13.2. The van der Waals surface area contributed by atoms with E-state index < -0.39 is 6.04 Å². The van der Waals surface area contributed by atoms with Crippen LogP contribution >= 0.6 is 0 Å². The lowest BCUT2D eigenvalue weighted by atomic mass is 9.86. The topological polar surface area (TPSA) is 49.6 Å². The van der Waals surface area contributed by atoms with Crippen molar-refractivity contribution in [2.45, 2.75) is 45.7 Å². The van der Waals surface area contributed by atoms with Gasteiger partial charge in [-0.15, -0.1) is 0 Å². The average Bonchev–Trinajstić information content (AvgIpc) is 2.26. The summed E-state index contributed by atoms with van der Waals surface area (Å²) < 4.78 is 0. The number of carbonyl (C=O) groups is 1. The molecule has 0 bridgehead atoms. The van der Waals surface area contributed by atoms with Gasteiger partial charge in [0.05, 0.1) is 6.04 Å². The molecule has 0 aromatic rings. The highest BCUT2D eigenvalue weighted by atomic mass is 16.2. The lowest BCUT2D eigenvalue weighted by molar-refractivity contribution is -0.136. The standard InChI is InChI=1S/C13H27N3O/c1-13(2,3)11(14)12(17)16(5)10-6-8-15(4)9-7-10/h10-11H,6-9,14H2,1-5H3/t11-/m0/s1. The summed E-state index contributed by atoms with van der Waals surface area (Å²) in [5.41, 5.74) is 5.86. The Morgan fingerprint density at radius 3 is 2.24 bits per heavy atom. The van der Waals surface area contributed by atoms with Crippen LogP contribution in [0.1, 0.15) is 33.6 Å². The van der Waals surface area contributed by atoms with E-state index in [0.717, 1.165) is 25.9 Å². The quantitative estimate of drug-likeness (QED) is 0.782. The molecular formula is C13H27N3O. The second-order valence-electron chi connectivity index (χ2n) is 6.33. The van der Waals surface area contributed by atoms with Crippen molar-refractivity contribution in [3.8, 4) is 0 Å². The number of piperidine rings is 1. The molecule has 100 valence electrons. The van der Waals surface area contributed by atoms with E-state index in [1.807, 2.05) is 32.7 Å². The van der Waals surface area contributed by atoms with Gasteiger partial charge in [-0.25, -0.2) is 0 Å². The fourth-order valence-corrected chi connectivity index (χ4v) is 2.15. The summed E-state index contributed by atoms with van der Waals surface area (Å²) in [5.74, 6) is 0.0760. The van der Waals surface area contributed by atoms with Crippen molar-refractivity contribution in [2.24, 2.45) is 11.1 Å². The van der Waals surface area contributed by atoms with Crippen molar-refractivity contribution >= 4 is 5.91 Å². The van der Waals surface area contributed by atoms with Crippen LogP contribution in [0.3, 0.4) is 0 Å². The van der Waals surface area contributed by atoms with E-state index in [1.54, 1.807) is 0 Å². The molecule has 1 saturated heterocycles. The van der Waals surface area contributed by atoms with E-state index in [2.05, 4.69) is 11.9 Å². The molecule has 1 atom stereocenters. The monoisotopic (exact) mass is 241 g/mol. The maximum absolute atomic E-state index is 12.3. The molecule has 2 N–H and O–H groups in total. The Bertz CT molecular complexity index is 264. The highest BCUT2D eigenvalue weighted by Gasteiger charge is 2.33. The summed E-state index contributed by atoms with van der Waals surface area (Å²) in [7, 11) is 4.02. The van der Waals surface area contributed by atoms with Crippen molar-refractivity contribution < 1.29 is 4.79 Å². The largest absolute Gasteiger partial charge is 0.341 e. The molecule has 1 rings (SSSR count). The van der Waals surface area contributed by atoms with E-state index in [4.69, 9.17) is 5.73 Å². The van der Waals surface area contributed by atoms with Gasteiger partial charge in [0.1, 0.15) is 0 Å². The Labute approximate surface area is 105 Å². The highest BCUT2D eigenvalue weighted by molar-refractivity contribution is 5.82. The molecular weight excluding hydrogens is 214 g/mol. The molecule has 0 aromatic carbocycles. The normalized spacial score (nSPS) is 21.3. The number of likely N-dealkylation sites (tertiary alicyclic amines) is 1. The summed E-state index contributed by atoms with van der Waals surface area (Å²) >= 11 is 0. The second-order valence-corrected chi connectivity index (χ2v) is 6.33. The third kappa shape index (κ3) is 3.68. The van der Waals surface area contributed by atoms with Gasteiger partial charge in [-0.2, -0.15) is 0 Å². The van der Waals surface area contributed by atoms with Gasteiger partial charge in [0.25, 0.3) is 0 Å². The molecule has 4 nitrogen and oxygen atoms in total. The molecule has 4 heteroatoms. The van der Waals surface area contributed by atoms with Gasteiger partial charge in [-0.1, -0.05) is 20.8 Å². The molecule has 0 unspecified atom stereocenters. The molecule has 1 amide bonds. The van der Waals surface area contributed by atoms with Crippen LogP contribution in [0.2, 0.25) is 0 Å². The SMILES string of the molecule is CN1CCC(N(C)C(=O)[C@H](N)C(C)(C)C)CC1. The number of carbonyl (C=O) groups excluding carboxylic acids is 1. The smallest absolute Gasteiger partial charge is 0.240 e. The molecule has 17 heavy (non-hydrogen) atoms. The molecule has 0 spiro atoms. The first-order valence-electron chi connectivity index (χ1n) is 6.44. The molecule has 0 radical (unpaired) electrons. The van der Waals surface area contributed by atoms with E-state index >= 15 is 0 Å². The Kier molecular flexibility index (Phi) is 4.55. The lowest BCUT2D eigenvalue weighted by Crippen LogP contribution is -2.53. The number of hydrogen-bond donors (Lipinski definition) is 1. The van der Waals surface area contributed by atoms with Crippen LogP contribution in [0.4, 0.5) is 0 Å². The highest BCUT2D eigenvalue weighted by Crippen LogP contribution is 2.21. The van der Waals surface area contributed by atoms with Crippen LogP contribution in [0, 0.1) is 5.41 Å². The minimum atomic E-state index is -0.410. The number of rotatable bonds is 2. The molecule has 0 aliphatic carbocycles. The minimum absolute atomic E-state index is 0.0760. The number of likely N-dealkylation sites (N-methyl/N-ethyl adjacent to an activating group) is 1. The summed E-state index contributed by atoms with van der Waals surface area (Å²) in [4.78, 5) is 16.4. The van der Waals surface area contributed by atoms with Gasteiger partial charge in [0.2, 0.25) is 5.91 Å². The van der Waals surface area contributed by atoms with Crippen molar-refractivity contribution in [1.29, 1.82) is 0 Å². The Morgan fingerprint density at radius 1 is 1.35 bits per heavy atom. The maximum atomic E-state index is 12.3. The van der Waals surface area contributed by atoms with Crippen LogP contribution in [0.25, 0.3) is 0 Å². The van der Waals surface area contributed by atoms with Crippen molar-refractivity contribution in [1.82, 2.24) is 9.80 Å². The third-order valence-corrected chi connectivity index (χ3v) is 3.78. The predicted molar refractivity (Wildman–Crippen MR) is 70.7 cm³/mol. The van der Waals surface area contributed by atoms with Crippen molar-refractivity contribution in [3.05, 3.63) is 0 Å². The van der Waals surface area contributed by atoms with Crippen LogP contribution in [-0.2, 0) is 4.79 Å². The van der Waals surface area contributed by atoms with Gasteiger partial charge in [0, 0.05) is 13.1 Å². The van der Waals surface area contributed by atoms with E-state index in [0.29, 0.717) is 6.04 Å². The molecule has 0 saturated carbocycles. The van der Waals surface area contributed by atoms with Gasteiger partial charge in [-0.3, -0.25) is 4.79 Å². The fraction of sp³-hybridized carbons (Fsp3) is 0.923. The van der Waals surface area contributed by atoms with Crippen molar-refractivity contribution in [2.75, 3.05) is 27.2 Å². The fourth-order valence-electron chi connectivity index (χ4n) is 2.15. The zero-order valence-corrected chi connectivity index (χ0v) is 11.9. The summed E-state index contributed by atoms with van der Waals surface area (Å²) in [5, 5.41) is 0. The number of hydrogen-bond acceptors (Lipinski definition) is 3. The summed E-state index contributed by atoms with van der Waals surface area (Å²) in [6.07, 6.45) is 2.10. The van der Waals surface area contributed by atoms with Crippen molar-refractivity contribution in [3.63, 3.8) is 0 Å². The molecule has 1 fully saturated rings. The van der Waals surface area contributed by atoms with Crippen LogP contribution in [0.15, 0.2) is 0 Å². The van der Waals surface area contributed by atoms with Gasteiger partial charge < -0.3 is 15.5 Å². The Morgan fingerprint density at radius 2 is 1.82 bits per heavy atom. The first-order chi connectivity index (χ1) is 7.73. The van der Waals surface area contributed by atoms with Crippen LogP contribution in [0.5, 0.6) is 0 Å². The molecule has 1 aliphatic heterocycles. The zero-order valence-electron chi connectivity index (χ0n) is 11.9. The van der Waals surface area contributed by atoms with Crippen LogP contribution in [-0.4, -0.2) is 55.0 Å². The van der Waals surface area contributed by atoms with Gasteiger partial charge in [0.15, 0.2) is 0 Å². The van der Waals surface area contributed by atoms with Gasteiger partial charge in [-0.05, 0) is 38.4 Å². The minimum Gasteiger partial charge on any atom is -0.341 e. The number of amides is 1. The average molecular weight is 241 g/mol. The molecule has 1 aliphatic rings. The third-order valence-electron chi connectivity index (χ3n) is 3.78. The van der Waals surface area contributed by atoms with E-state index in [-0.39, 0.29) is 11.3 Å². The first-order valence-corrected chi connectivity index (χ1v) is 6.44. The summed E-state index contributed by atoms with van der Waals surface area (Å²) in [6, 6.07) is -0.0562.